The van der Waals surface area contributed by atoms with Crippen molar-refractivity contribution in [3.63, 3.8) is 0 Å². The monoisotopic (exact) mass is 213 g/mol. The molecule has 3 heteroatoms. The molecule has 3 nitrogen and oxygen atoms in total. The van der Waals surface area contributed by atoms with Crippen molar-refractivity contribution in [3.05, 3.63) is 48.3 Å². The number of carbonyl (C=O) groups is 1. The Morgan fingerprint density at radius 2 is 2.00 bits per heavy atom. The summed E-state index contributed by atoms with van der Waals surface area (Å²) in [4.78, 5) is 15.0. The summed E-state index contributed by atoms with van der Waals surface area (Å²) in [5.74, 6) is 0.735. The molecule has 0 aliphatic carbocycles. The Kier molecular flexibility index (Phi) is 2.96. The first-order valence-corrected chi connectivity index (χ1v) is 4.89. The minimum absolute atomic E-state index is 0.611. The first kappa shape index (κ1) is 10.4. The van der Waals surface area contributed by atoms with Crippen LogP contribution in [-0.4, -0.2) is 18.4 Å². The molecule has 0 atom stereocenters. The average Bonchev–Trinajstić information content (AvgIpc) is 2.38. The molecule has 2 aromatic rings. The molecule has 2 rings (SSSR count). The maximum Gasteiger partial charge on any atom is 0.150 e. The molecule has 1 aromatic carbocycles. The van der Waals surface area contributed by atoms with Gasteiger partial charge in [-0.1, -0.05) is 18.2 Å². The van der Waals surface area contributed by atoms with Gasteiger partial charge in [-0.3, -0.25) is 9.78 Å². The number of rotatable bonds is 3. The van der Waals surface area contributed by atoms with Gasteiger partial charge >= 0.3 is 0 Å². The maximum absolute atomic E-state index is 10.9. The second kappa shape index (κ2) is 4.57. The van der Waals surface area contributed by atoms with E-state index in [0.717, 1.165) is 23.2 Å². The fourth-order valence-corrected chi connectivity index (χ4v) is 1.60. The number of methoxy groups -OCH3 is 1. The Balaban J connectivity index is 2.62. The predicted molar refractivity (Wildman–Crippen MR) is 61.6 cm³/mol. The minimum Gasteiger partial charge on any atom is -0.496 e. The number of para-hydroxylation sites is 1. The van der Waals surface area contributed by atoms with Gasteiger partial charge in [0.15, 0.2) is 6.29 Å². The van der Waals surface area contributed by atoms with E-state index in [1.54, 1.807) is 25.6 Å². The summed E-state index contributed by atoms with van der Waals surface area (Å²) in [7, 11) is 1.61. The number of benzene rings is 1. The third-order valence-corrected chi connectivity index (χ3v) is 2.38. The third-order valence-electron chi connectivity index (χ3n) is 2.38. The lowest BCUT2D eigenvalue weighted by Crippen LogP contribution is -1.92. The number of carbonyl (C=O) groups excluding carboxylic acids is 1. The largest absolute Gasteiger partial charge is 0.496 e. The summed E-state index contributed by atoms with van der Waals surface area (Å²) in [6.45, 7) is 0. The highest BCUT2D eigenvalue weighted by Crippen LogP contribution is 2.30. The van der Waals surface area contributed by atoms with Crippen LogP contribution in [0.25, 0.3) is 11.1 Å². The van der Waals surface area contributed by atoms with Crippen molar-refractivity contribution in [2.45, 2.75) is 0 Å². The topological polar surface area (TPSA) is 39.2 Å². The Morgan fingerprint density at radius 1 is 1.19 bits per heavy atom. The molecule has 0 saturated carbocycles. The summed E-state index contributed by atoms with van der Waals surface area (Å²) in [6, 6.07) is 9.24. The van der Waals surface area contributed by atoms with Crippen molar-refractivity contribution < 1.29 is 9.53 Å². The van der Waals surface area contributed by atoms with Gasteiger partial charge in [0.2, 0.25) is 0 Å². The summed E-state index contributed by atoms with van der Waals surface area (Å²) in [6.07, 6.45) is 4.09. The fourth-order valence-electron chi connectivity index (χ4n) is 1.60. The fraction of sp³-hybridized carbons (Fsp3) is 0.0769. The summed E-state index contributed by atoms with van der Waals surface area (Å²) in [5.41, 5.74) is 2.27. The average molecular weight is 213 g/mol. The number of aldehydes is 1. The molecule has 0 fully saturated rings. The smallest absolute Gasteiger partial charge is 0.150 e. The van der Waals surface area contributed by atoms with E-state index >= 15 is 0 Å². The van der Waals surface area contributed by atoms with E-state index < -0.39 is 0 Å². The lowest BCUT2D eigenvalue weighted by molar-refractivity contribution is 0.112. The van der Waals surface area contributed by atoms with Crippen molar-refractivity contribution in [2.24, 2.45) is 0 Å². The molecule has 80 valence electrons. The van der Waals surface area contributed by atoms with Crippen LogP contribution in [0.5, 0.6) is 5.75 Å². The van der Waals surface area contributed by atoms with Gasteiger partial charge in [0, 0.05) is 29.1 Å². The maximum atomic E-state index is 10.9. The van der Waals surface area contributed by atoms with Crippen LogP contribution in [0.2, 0.25) is 0 Å². The SMILES string of the molecule is COc1ccccc1-c1cnccc1C=O. The number of ether oxygens (including phenoxy) is 1. The van der Waals surface area contributed by atoms with Gasteiger partial charge in [0.25, 0.3) is 0 Å². The molecule has 0 saturated heterocycles. The number of pyridine rings is 1. The second-order valence-corrected chi connectivity index (χ2v) is 3.28. The van der Waals surface area contributed by atoms with Gasteiger partial charge in [-0.2, -0.15) is 0 Å². The summed E-state index contributed by atoms with van der Waals surface area (Å²) < 4.78 is 5.26. The predicted octanol–water partition coefficient (Wildman–Crippen LogP) is 2.57. The van der Waals surface area contributed by atoms with Crippen LogP contribution in [0.15, 0.2) is 42.7 Å². The molecule has 0 N–H and O–H groups in total. The van der Waals surface area contributed by atoms with Gasteiger partial charge in [-0.25, -0.2) is 0 Å². The van der Waals surface area contributed by atoms with Crippen LogP contribution in [0.1, 0.15) is 10.4 Å². The molecule has 0 unspecified atom stereocenters. The lowest BCUT2D eigenvalue weighted by Gasteiger charge is -2.09. The number of hydrogen-bond acceptors (Lipinski definition) is 3. The second-order valence-electron chi connectivity index (χ2n) is 3.28. The highest BCUT2D eigenvalue weighted by molar-refractivity contribution is 5.88. The Bertz CT molecular complexity index is 509. The van der Waals surface area contributed by atoms with Crippen LogP contribution in [0.4, 0.5) is 0 Å². The minimum atomic E-state index is 0.611. The first-order valence-electron chi connectivity index (χ1n) is 4.89. The Morgan fingerprint density at radius 3 is 2.75 bits per heavy atom. The highest BCUT2D eigenvalue weighted by Gasteiger charge is 2.08. The molecule has 0 radical (unpaired) electrons. The molecule has 1 heterocycles. The standard InChI is InChI=1S/C13H11NO2/c1-16-13-5-3-2-4-11(13)12-8-14-7-6-10(12)9-15/h2-9H,1H3. The van der Waals surface area contributed by atoms with Crippen molar-refractivity contribution >= 4 is 6.29 Å². The highest BCUT2D eigenvalue weighted by atomic mass is 16.5. The molecule has 16 heavy (non-hydrogen) atoms. The number of nitrogens with zero attached hydrogens (tertiary/aromatic N) is 1. The molecule has 0 spiro atoms. The molecule has 0 aliphatic heterocycles. The van der Waals surface area contributed by atoms with Crippen LogP contribution < -0.4 is 4.74 Å². The van der Waals surface area contributed by atoms with E-state index in [0.29, 0.717) is 5.56 Å². The van der Waals surface area contributed by atoms with E-state index in [1.165, 1.54) is 0 Å². The van der Waals surface area contributed by atoms with Gasteiger partial charge < -0.3 is 4.74 Å². The molecule has 0 bridgehead atoms. The molecule has 0 aliphatic rings. The van der Waals surface area contributed by atoms with Crippen molar-refractivity contribution in [1.82, 2.24) is 4.98 Å². The zero-order valence-electron chi connectivity index (χ0n) is 8.88. The van der Waals surface area contributed by atoms with Crippen molar-refractivity contribution in [3.8, 4) is 16.9 Å². The van der Waals surface area contributed by atoms with E-state index in [1.807, 2.05) is 24.3 Å². The van der Waals surface area contributed by atoms with Crippen molar-refractivity contribution in [1.29, 1.82) is 0 Å². The number of aromatic nitrogens is 1. The molecular weight excluding hydrogens is 202 g/mol. The molecule has 1 aromatic heterocycles. The molecular formula is C13H11NO2. The quantitative estimate of drug-likeness (QED) is 0.735. The van der Waals surface area contributed by atoms with Crippen molar-refractivity contribution in [2.75, 3.05) is 7.11 Å². The van der Waals surface area contributed by atoms with Gasteiger partial charge in [-0.05, 0) is 12.1 Å². The Labute approximate surface area is 93.7 Å². The van der Waals surface area contributed by atoms with E-state index in [-0.39, 0.29) is 0 Å². The Hall–Kier alpha value is -2.16. The van der Waals surface area contributed by atoms with E-state index in [9.17, 15) is 4.79 Å². The van der Waals surface area contributed by atoms with Gasteiger partial charge in [-0.15, -0.1) is 0 Å². The van der Waals surface area contributed by atoms with Gasteiger partial charge in [0.05, 0.1) is 7.11 Å². The van der Waals surface area contributed by atoms with Crippen LogP contribution in [0, 0.1) is 0 Å². The molecule has 0 amide bonds. The zero-order chi connectivity index (χ0) is 11.4. The third kappa shape index (κ3) is 1.80. The van der Waals surface area contributed by atoms with Crippen LogP contribution in [0.3, 0.4) is 0 Å². The van der Waals surface area contributed by atoms with Gasteiger partial charge in [0.1, 0.15) is 5.75 Å². The lowest BCUT2D eigenvalue weighted by atomic mass is 10.0. The normalized spacial score (nSPS) is 9.81. The number of hydrogen-bond donors (Lipinski definition) is 0. The van der Waals surface area contributed by atoms with E-state index in [4.69, 9.17) is 4.74 Å². The van der Waals surface area contributed by atoms with E-state index in [2.05, 4.69) is 4.98 Å². The van der Waals surface area contributed by atoms with Crippen LogP contribution in [-0.2, 0) is 0 Å². The first-order chi connectivity index (χ1) is 7.86. The zero-order valence-corrected chi connectivity index (χ0v) is 8.88. The summed E-state index contributed by atoms with van der Waals surface area (Å²) >= 11 is 0. The van der Waals surface area contributed by atoms with Crippen LogP contribution >= 0.6 is 0 Å². The summed E-state index contributed by atoms with van der Waals surface area (Å²) in [5, 5.41) is 0.